The summed E-state index contributed by atoms with van der Waals surface area (Å²) in [5.74, 6) is 1.32. The minimum atomic E-state index is -1.16. The highest BCUT2D eigenvalue weighted by Gasteiger charge is 2.43. The number of aryl methyl sites for hydroxylation is 1. The van der Waals surface area contributed by atoms with Crippen LogP contribution in [0.4, 0.5) is 0 Å². The summed E-state index contributed by atoms with van der Waals surface area (Å²) in [6.07, 6.45) is 0.768. The molecule has 9 heteroatoms. The number of carboxylic acid groups (broad SMARTS) is 1. The van der Waals surface area contributed by atoms with Crippen molar-refractivity contribution < 1.29 is 24.0 Å². The van der Waals surface area contributed by atoms with Gasteiger partial charge in [0.1, 0.15) is 11.3 Å². The van der Waals surface area contributed by atoms with Gasteiger partial charge in [-0.05, 0) is 43.4 Å². The van der Waals surface area contributed by atoms with E-state index in [1.807, 2.05) is 31.2 Å². The van der Waals surface area contributed by atoms with Crippen LogP contribution in [-0.2, 0) is 16.0 Å². The van der Waals surface area contributed by atoms with E-state index in [0.29, 0.717) is 30.5 Å². The number of ether oxygens (including phenoxy) is 1. The zero-order valence-corrected chi connectivity index (χ0v) is 15.8. The van der Waals surface area contributed by atoms with Gasteiger partial charge in [-0.25, -0.2) is 4.79 Å². The average molecular weight is 391 g/mol. The number of hydrogen-bond donors (Lipinski definition) is 2. The number of carbonyl (C=O) groups excluding carboxylic acids is 1. The summed E-state index contributed by atoms with van der Waals surface area (Å²) in [6.45, 7) is 2.51. The molecule has 1 aromatic carbocycles. The molecule has 1 fully saturated rings. The summed E-state index contributed by atoms with van der Waals surface area (Å²) < 4.78 is 10.6. The Morgan fingerprint density at radius 3 is 2.78 bits per heavy atom. The Kier molecular flexibility index (Phi) is 6.00. The molecule has 1 atom stereocenters. The highest BCUT2D eigenvalue weighted by atomic mass is 32.2. The van der Waals surface area contributed by atoms with E-state index in [0.717, 1.165) is 17.1 Å². The van der Waals surface area contributed by atoms with Crippen LogP contribution in [0.25, 0.3) is 11.4 Å². The molecule has 0 spiro atoms. The first-order valence-electron chi connectivity index (χ1n) is 8.70. The van der Waals surface area contributed by atoms with Gasteiger partial charge in [-0.1, -0.05) is 5.16 Å². The Hall–Kier alpha value is -2.55. The monoisotopic (exact) mass is 391 g/mol. The number of nitrogens with one attached hydrogen (secondary N) is 1. The second-order valence-corrected chi connectivity index (χ2v) is 7.31. The molecule has 1 aliphatic rings. The molecule has 2 N–H and O–H groups in total. The maximum atomic E-state index is 12.2. The third kappa shape index (κ3) is 4.60. The average Bonchev–Trinajstić information content (AvgIpc) is 3.31. The van der Waals surface area contributed by atoms with Crippen molar-refractivity contribution in [3.05, 3.63) is 30.2 Å². The SMILES string of the molecule is CCOc1ccc(-c2noc(CCC(=O)NC3(C(=O)O)CCSC3)n2)cc1. The molecular formula is C18H21N3O5S. The number of benzene rings is 1. The molecule has 1 amide bonds. The lowest BCUT2D eigenvalue weighted by Crippen LogP contribution is -2.54. The fraction of sp³-hybridized carbons (Fsp3) is 0.444. The van der Waals surface area contributed by atoms with Crippen LogP contribution in [0, 0.1) is 0 Å². The number of hydrogen-bond acceptors (Lipinski definition) is 7. The summed E-state index contributed by atoms with van der Waals surface area (Å²) >= 11 is 1.53. The molecule has 27 heavy (non-hydrogen) atoms. The van der Waals surface area contributed by atoms with Crippen LogP contribution in [0.1, 0.15) is 25.7 Å². The molecule has 8 nitrogen and oxygen atoms in total. The molecule has 3 rings (SSSR count). The second kappa shape index (κ2) is 8.43. The molecule has 1 saturated heterocycles. The molecular weight excluding hydrogens is 370 g/mol. The van der Waals surface area contributed by atoms with Gasteiger partial charge in [0.15, 0.2) is 0 Å². The molecule has 1 aliphatic heterocycles. The zero-order chi connectivity index (χ0) is 19.3. The fourth-order valence-corrected chi connectivity index (χ4v) is 4.10. The number of carbonyl (C=O) groups is 2. The number of aliphatic carboxylic acids is 1. The third-order valence-corrected chi connectivity index (χ3v) is 5.46. The molecule has 2 aromatic rings. The Bertz CT molecular complexity index is 800. The Labute approximate surface area is 160 Å². The zero-order valence-electron chi connectivity index (χ0n) is 14.9. The molecule has 0 saturated carbocycles. The highest BCUT2D eigenvalue weighted by molar-refractivity contribution is 7.99. The normalized spacial score (nSPS) is 19.0. The van der Waals surface area contributed by atoms with Crippen molar-refractivity contribution in [3.8, 4) is 17.1 Å². The summed E-state index contributed by atoms with van der Waals surface area (Å²) in [5, 5.41) is 16.0. The van der Waals surface area contributed by atoms with Crippen molar-refractivity contribution in [2.75, 3.05) is 18.1 Å². The first kappa shape index (κ1) is 19.2. The summed E-state index contributed by atoms with van der Waals surface area (Å²) in [4.78, 5) is 27.9. The second-order valence-electron chi connectivity index (χ2n) is 6.21. The van der Waals surface area contributed by atoms with E-state index >= 15 is 0 Å². The van der Waals surface area contributed by atoms with E-state index in [1.54, 1.807) is 0 Å². The number of aromatic nitrogens is 2. The van der Waals surface area contributed by atoms with Gasteiger partial charge < -0.3 is 19.7 Å². The van der Waals surface area contributed by atoms with Crippen molar-refractivity contribution in [2.45, 2.75) is 31.7 Å². The molecule has 1 unspecified atom stereocenters. The number of nitrogens with zero attached hydrogens (tertiary/aromatic N) is 2. The summed E-state index contributed by atoms with van der Waals surface area (Å²) in [6, 6.07) is 7.32. The summed E-state index contributed by atoms with van der Waals surface area (Å²) in [5.41, 5.74) is -0.380. The van der Waals surface area contributed by atoms with E-state index in [9.17, 15) is 14.7 Å². The quantitative estimate of drug-likeness (QED) is 0.703. The smallest absolute Gasteiger partial charge is 0.330 e. The van der Waals surface area contributed by atoms with Gasteiger partial charge in [-0.2, -0.15) is 16.7 Å². The lowest BCUT2D eigenvalue weighted by molar-refractivity contribution is -0.146. The lowest BCUT2D eigenvalue weighted by atomic mass is 9.99. The first-order valence-corrected chi connectivity index (χ1v) is 9.86. The van der Waals surface area contributed by atoms with Crippen LogP contribution >= 0.6 is 11.8 Å². The van der Waals surface area contributed by atoms with E-state index < -0.39 is 11.5 Å². The van der Waals surface area contributed by atoms with Crippen LogP contribution in [-0.4, -0.2) is 50.8 Å². The van der Waals surface area contributed by atoms with Crippen LogP contribution in [0.5, 0.6) is 5.75 Å². The van der Waals surface area contributed by atoms with Gasteiger partial charge in [-0.3, -0.25) is 4.79 Å². The fourth-order valence-electron chi connectivity index (χ4n) is 2.78. The lowest BCUT2D eigenvalue weighted by Gasteiger charge is -2.24. The molecule has 0 aliphatic carbocycles. The molecule has 0 bridgehead atoms. The number of carboxylic acids is 1. The first-order chi connectivity index (χ1) is 13.0. The predicted octanol–water partition coefficient (Wildman–Crippen LogP) is 2.14. The van der Waals surface area contributed by atoms with Crippen LogP contribution in [0.3, 0.4) is 0 Å². The van der Waals surface area contributed by atoms with E-state index in [4.69, 9.17) is 9.26 Å². The highest BCUT2D eigenvalue weighted by Crippen LogP contribution is 2.28. The third-order valence-electron chi connectivity index (χ3n) is 4.27. The topological polar surface area (TPSA) is 115 Å². The van der Waals surface area contributed by atoms with Crippen LogP contribution < -0.4 is 10.1 Å². The largest absolute Gasteiger partial charge is 0.494 e. The Morgan fingerprint density at radius 2 is 2.15 bits per heavy atom. The maximum absolute atomic E-state index is 12.2. The van der Waals surface area contributed by atoms with Gasteiger partial charge in [0.25, 0.3) is 0 Å². The van der Waals surface area contributed by atoms with Gasteiger partial charge >= 0.3 is 5.97 Å². The van der Waals surface area contributed by atoms with Crippen molar-refractivity contribution in [2.24, 2.45) is 0 Å². The number of amides is 1. The Balaban J connectivity index is 1.56. The van der Waals surface area contributed by atoms with Gasteiger partial charge in [0.05, 0.1) is 6.61 Å². The van der Waals surface area contributed by atoms with Gasteiger partial charge in [-0.15, -0.1) is 0 Å². The van der Waals surface area contributed by atoms with E-state index in [2.05, 4.69) is 15.5 Å². The molecule has 2 heterocycles. The standard InChI is InChI=1S/C18H21N3O5S/c1-2-25-13-5-3-12(4-6-13)16-19-15(26-21-16)8-7-14(22)20-18(17(23)24)9-10-27-11-18/h3-6H,2,7-11H2,1H3,(H,20,22)(H,23,24). The Morgan fingerprint density at radius 1 is 1.37 bits per heavy atom. The predicted molar refractivity (Wildman–Crippen MR) is 99.7 cm³/mol. The van der Waals surface area contributed by atoms with E-state index in [1.165, 1.54) is 11.8 Å². The molecule has 144 valence electrons. The number of rotatable bonds is 8. The van der Waals surface area contributed by atoms with Gasteiger partial charge in [0.2, 0.25) is 17.6 Å². The maximum Gasteiger partial charge on any atom is 0.330 e. The minimum absolute atomic E-state index is 0.0879. The minimum Gasteiger partial charge on any atom is -0.494 e. The van der Waals surface area contributed by atoms with Crippen LogP contribution in [0.15, 0.2) is 28.8 Å². The van der Waals surface area contributed by atoms with Crippen molar-refractivity contribution >= 4 is 23.6 Å². The van der Waals surface area contributed by atoms with E-state index in [-0.39, 0.29) is 18.7 Å². The molecule has 1 aromatic heterocycles. The van der Waals surface area contributed by atoms with Gasteiger partial charge in [0, 0.05) is 24.2 Å². The number of thioether (sulfide) groups is 1. The molecule has 0 radical (unpaired) electrons. The van der Waals surface area contributed by atoms with Crippen molar-refractivity contribution in [1.29, 1.82) is 0 Å². The van der Waals surface area contributed by atoms with Crippen molar-refractivity contribution in [3.63, 3.8) is 0 Å². The van der Waals surface area contributed by atoms with Crippen molar-refractivity contribution in [1.82, 2.24) is 15.5 Å². The summed E-state index contributed by atoms with van der Waals surface area (Å²) in [7, 11) is 0. The van der Waals surface area contributed by atoms with Crippen LogP contribution in [0.2, 0.25) is 0 Å².